The highest BCUT2D eigenvalue weighted by atomic mass is 127. The van der Waals surface area contributed by atoms with Crippen LogP contribution in [0.25, 0.3) is 0 Å². The third-order valence-electron chi connectivity index (χ3n) is 5.31. The predicted octanol–water partition coefficient (Wildman–Crippen LogP) is 2.26. The Bertz CT molecular complexity index is 495. The first kappa shape index (κ1) is 25.0. The van der Waals surface area contributed by atoms with Crippen LogP contribution in [0.3, 0.4) is 0 Å². The number of hydrogen-bond acceptors (Lipinski definition) is 3. The molecule has 0 atom stereocenters. The molecule has 8 heteroatoms. The maximum atomic E-state index is 12.0. The number of nitrogens with zero attached hydrogens (tertiary/aromatic N) is 2. The van der Waals surface area contributed by atoms with Crippen molar-refractivity contribution in [3.63, 3.8) is 0 Å². The van der Waals surface area contributed by atoms with E-state index in [2.05, 4.69) is 20.9 Å². The average Bonchev–Trinajstić information content (AvgIpc) is 3.08. The number of aliphatic imine (C=N–C) groups is 1. The van der Waals surface area contributed by atoms with E-state index < -0.39 is 0 Å². The Morgan fingerprint density at radius 3 is 2.54 bits per heavy atom. The number of carbonyl (C=O) groups is 2. The smallest absolute Gasteiger partial charge is 0.222 e. The lowest BCUT2D eigenvalue weighted by molar-refractivity contribution is -0.127. The lowest BCUT2D eigenvalue weighted by Crippen LogP contribution is -2.41. The lowest BCUT2D eigenvalue weighted by Gasteiger charge is -2.20. The number of guanidine groups is 1. The molecule has 0 aromatic carbocycles. The van der Waals surface area contributed by atoms with Crippen molar-refractivity contribution in [1.82, 2.24) is 20.9 Å². The minimum absolute atomic E-state index is 0. The molecule has 3 N–H and O–H groups in total. The number of halogens is 1. The molecule has 0 radical (unpaired) electrons. The van der Waals surface area contributed by atoms with Gasteiger partial charge in [-0.05, 0) is 38.5 Å². The summed E-state index contributed by atoms with van der Waals surface area (Å²) >= 11 is 0. The second-order valence-electron chi connectivity index (χ2n) is 7.58. The van der Waals surface area contributed by atoms with E-state index in [0.29, 0.717) is 38.4 Å². The molecule has 1 heterocycles. The van der Waals surface area contributed by atoms with Crippen molar-refractivity contribution in [3.8, 4) is 0 Å². The van der Waals surface area contributed by atoms with Gasteiger partial charge in [0.25, 0.3) is 0 Å². The molecule has 0 aromatic heterocycles. The summed E-state index contributed by atoms with van der Waals surface area (Å²) in [4.78, 5) is 30.1. The first-order chi connectivity index (χ1) is 13.2. The Morgan fingerprint density at radius 2 is 1.86 bits per heavy atom. The van der Waals surface area contributed by atoms with Gasteiger partial charge in [-0.15, -0.1) is 24.0 Å². The molecule has 0 bridgehead atoms. The average molecular weight is 507 g/mol. The quantitative estimate of drug-likeness (QED) is 0.183. The van der Waals surface area contributed by atoms with Crippen molar-refractivity contribution in [2.75, 3.05) is 39.3 Å². The SMILES string of the molecule is CCNC(=NCCCN1CCCC1=O)NCCNC(=O)CC1CCCCC1.I. The van der Waals surface area contributed by atoms with Gasteiger partial charge in [0.15, 0.2) is 5.96 Å². The number of carbonyl (C=O) groups excluding carboxylic acids is 2. The second-order valence-corrected chi connectivity index (χ2v) is 7.58. The highest BCUT2D eigenvalue weighted by Gasteiger charge is 2.19. The fourth-order valence-corrected chi connectivity index (χ4v) is 3.84. The van der Waals surface area contributed by atoms with E-state index in [1.54, 1.807) is 0 Å². The zero-order chi connectivity index (χ0) is 19.3. The molecule has 0 aromatic rings. The normalized spacial score (nSPS) is 18.0. The molecule has 0 spiro atoms. The van der Waals surface area contributed by atoms with Crippen LogP contribution in [0.5, 0.6) is 0 Å². The van der Waals surface area contributed by atoms with Crippen LogP contribution in [0.2, 0.25) is 0 Å². The number of amides is 2. The van der Waals surface area contributed by atoms with Crippen molar-refractivity contribution in [2.24, 2.45) is 10.9 Å². The fraction of sp³-hybridized carbons (Fsp3) is 0.850. The Kier molecular flexibility index (Phi) is 13.3. The number of rotatable bonds is 10. The Balaban J connectivity index is 0.00000392. The third kappa shape index (κ3) is 9.93. The van der Waals surface area contributed by atoms with E-state index in [0.717, 1.165) is 38.4 Å². The highest BCUT2D eigenvalue weighted by molar-refractivity contribution is 14.0. The molecule has 7 nitrogen and oxygen atoms in total. The van der Waals surface area contributed by atoms with Gasteiger partial charge in [-0.1, -0.05) is 19.3 Å². The molecule has 1 aliphatic carbocycles. The second kappa shape index (κ2) is 14.9. The van der Waals surface area contributed by atoms with Crippen molar-refractivity contribution < 1.29 is 9.59 Å². The summed E-state index contributed by atoms with van der Waals surface area (Å²) in [6.07, 6.45) is 9.49. The topological polar surface area (TPSA) is 85.8 Å². The summed E-state index contributed by atoms with van der Waals surface area (Å²) in [5, 5.41) is 9.49. The number of likely N-dealkylation sites (tertiary alicyclic amines) is 1. The molecule has 28 heavy (non-hydrogen) atoms. The molecule has 2 aliphatic rings. The van der Waals surface area contributed by atoms with Gasteiger partial charge < -0.3 is 20.9 Å². The Hall–Kier alpha value is -1.06. The summed E-state index contributed by atoms with van der Waals surface area (Å²) in [7, 11) is 0. The monoisotopic (exact) mass is 507 g/mol. The van der Waals surface area contributed by atoms with Crippen LogP contribution in [0, 0.1) is 5.92 Å². The van der Waals surface area contributed by atoms with Crippen LogP contribution in [0.15, 0.2) is 4.99 Å². The minimum atomic E-state index is 0. The van der Waals surface area contributed by atoms with Gasteiger partial charge in [-0.2, -0.15) is 0 Å². The van der Waals surface area contributed by atoms with Gasteiger partial charge in [-0.3, -0.25) is 14.6 Å². The fourth-order valence-electron chi connectivity index (χ4n) is 3.84. The third-order valence-corrected chi connectivity index (χ3v) is 5.31. The molecule has 1 aliphatic heterocycles. The standard InChI is InChI=1S/C20H37N5O2.HI/c1-2-21-20(23-11-7-15-25-14-6-10-19(25)27)24-13-12-22-18(26)16-17-8-4-3-5-9-17;/h17H,2-16H2,1H3,(H,22,26)(H2,21,23,24);1H. The maximum Gasteiger partial charge on any atom is 0.222 e. The van der Waals surface area contributed by atoms with Crippen LogP contribution in [-0.4, -0.2) is 61.9 Å². The molecule has 2 amide bonds. The van der Waals surface area contributed by atoms with Gasteiger partial charge in [-0.25, -0.2) is 0 Å². The summed E-state index contributed by atoms with van der Waals surface area (Å²) < 4.78 is 0. The summed E-state index contributed by atoms with van der Waals surface area (Å²) in [5.41, 5.74) is 0. The summed E-state index contributed by atoms with van der Waals surface area (Å²) in [6, 6.07) is 0. The van der Waals surface area contributed by atoms with Gasteiger partial charge >= 0.3 is 0 Å². The molecule has 2 fully saturated rings. The molecule has 0 unspecified atom stereocenters. The van der Waals surface area contributed by atoms with Crippen molar-refractivity contribution in [2.45, 2.75) is 64.7 Å². The van der Waals surface area contributed by atoms with Crippen molar-refractivity contribution >= 4 is 41.8 Å². The van der Waals surface area contributed by atoms with Gasteiger partial charge in [0, 0.05) is 52.1 Å². The van der Waals surface area contributed by atoms with E-state index in [9.17, 15) is 9.59 Å². The van der Waals surface area contributed by atoms with Crippen molar-refractivity contribution in [3.05, 3.63) is 0 Å². The number of nitrogens with one attached hydrogen (secondary N) is 3. The maximum absolute atomic E-state index is 12.0. The van der Waals surface area contributed by atoms with Crippen LogP contribution < -0.4 is 16.0 Å². The first-order valence-electron chi connectivity index (χ1n) is 10.8. The van der Waals surface area contributed by atoms with E-state index in [4.69, 9.17) is 0 Å². The van der Waals surface area contributed by atoms with Gasteiger partial charge in [0.1, 0.15) is 0 Å². The van der Waals surface area contributed by atoms with Crippen LogP contribution in [0.4, 0.5) is 0 Å². The lowest BCUT2D eigenvalue weighted by atomic mass is 9.87. The molecule has 2 rings (SSSR count). The van der Waals surface area contributed by atoms with Gasteiger partial charge in [0.05, 0.1) is 0 Å². The van der Waals surface area contributed by atoms with E-state index in [1.165, 1.54) is 32.1 Å². The van der Waals surface area contributed by atoms with Crippen LogP contribution in [0.1, 0.15) is 64.7 Å². The van der Waals surface area contributed by atoms with Crippen LogP contribution in [-0.2, 0) is 9.59 Å². The van der Waals surface area contributed by atoms with E-state index >= 15 is 0 Å². The largest absolute Gasteiger partial charge is 0.357 e. The van der Waals surface area contributed by atoms with E-state index in [-0.39, 0.29) is 35.8 Å². The van der Waals surface area contributed by atoms with E-state index in [1.807, 2.05) is 11.8 Å². The molecule has 1 saturated carbocycles. The van der Waals surface area contributed by atoms with Gasteiger partial charge in [0.2, 0.25) is 11.8 Å². The summed E-state index contributed by atoms with van der Waals surface area (Å²) in [6.45, 7) is 6.47. The highest BCUT2D eigenvalue weighted by Crippen LogP contribution is 2.25. The predicted molar refractivity (Wildman–Crippen MR) is 124 cm³/mol. The zero-order valence-corrected chi connectivity index (χ0v) is 19.6. The Labute approximate surface area is 186 Å². The molecular weight excluding hydrogens is 469 g/mol. The molecule has 162 valence electrons. The Morgan fingerprint density at radius 1 is 1.11 bits per heavy atom. The first-order valence-corrected chi connectivity index (χ1v) is 10.8. The zero-order valence-electron chi connectivity index (χ0n) is 17.3. The summed E-state index contributed by atoms with van der Waals surface area (Å²) in [5.74, 6) is 1.79. The minimum Gasteiger partial charge on any atom is -0.357 e. The van der Waals surface area contributed by atoms with Crippen LogP contribution >= 0.6 is 24.0 Å². The molecular formula is C20H38IN5O2. The molecule has 1 saturated heterocycles. The number of hydrogen-bond donors (Lipinski definition) is 3. The van der Waals surface area contributed by atoms with Crippen molar-refractivity contribution in [1.29, 1.82) is 0 Å².